The van der Waals surface area contributed by atoms with Gasteiger partial charge in [-0.25, -0.2) is 0 Å². The second kappa shape index (κ2) is 8.35. The van der Waals surface area contributed by atoms with E-state index in [-0.39, 0.29) is 24.0 Å². The maximum absolute atomic E-state index is 13.1. The van der Waals surface area contributed by atoms with Crippen LogP contribution < -0.4 is 5.56 Å². The number of likely N-dealkylation sites (N-methyl/N-ethyl adjacent to an activating group) is 1. The van der Waals surface area contributed by atoms with Gasteiger partial charge in [-0.3, -0.25) is 19.6 Å². The number of hydrogen-bond acceptors (Lipinski definition) is 5. The van der Waals surface area contributed by atoms with E-state index >= 15 is 0 Å². The molecule has 4 rings (SSSR count). The number of amides is 1. The molecule has 2 aliphatic rings. The summed E-state index contributed by atoms with van der Waals surface area (Å²) in [6.07, 6.45) is 1.40. The molecular weight excluding hydrogens is 382 g/mol. The largest absolute Gasteiger partial charge is 0.395 e. The highest BCUT2D eigenvalue weighted by molar-refractivity contribution is 5.79. The van der Waals surface area contributed by atoms with E-state index in [1.807, 2.05) is 41.3 Å². The van der Waals surface area contributed by atoms with Crippen LogP contribution in [-0.2, 0) is 24.3 Å². The van der Waals surface area contributed by atoms with Gasteiger partial charge in [0.25, 0.3) is 5.56 Å². The lowest BCUT2D eigenvalue weighted by Gasteiger charge is -2.43. The molecule has 0 unspecified atom stereocenters. The van der Waals surface area contributed by atoms with E-state index < -0.39 is 0 Å². The molecule has 1 saturated heterocycles. The molecule has 2 aliphatic heterocycles. The number of nitrogens with one attached hydrogen (secondary N) is 1. The van der Waals surface area contributed by atoms with Crippen molar-refractivity contribution in [1.29, 1.82) is 0 Å². The number of pyridine rings is 1. The molecule has 2 N–H and O–H groups in total. The summed E-state index contributed by atoms with van der Waals surface area (Å²) >= 11 is 0. The van der Waals surface area contributed by atoms with Gasteiger partial charge in [0.1, 0.15) is 0 Å². The molecule has 0 radical (unpaired) electrons. The van der Waals surface area contributed by atoms with Crippen molar-refractivity contribution >= 4 is 5.91 Å². The Balaban J connectivity index is 1.51. The van der Waals surface area contributed by atoms with Crippen LogP contribution in [0.5, 0.6) is 0 Å². The number of carbonyl (C=O) groups excluding carboxylic acids is 1. The molecule has 8 heteroatoms. The number of aliphatic hydroxyl groups excluding tert-OH is 1. The fourth-order valence-corrected chi connectivity index (χ4v) is 4.95. The molecule has 2 atom stereocenters. The minimum Gasteiger partial charge on any atom is -0.395 e. The second-order valence-corrected chi connectivity index (χ2v) is 8.85. The van der Waals surface area contributed by atoms with E-state index in [1.54, 1.807) is 0 Å². The van der Waals surface area contributed by atoms with Crippen LogP contribution in [0.1, 0.15) is 40.5 Å². The molecule has 2 bridgehead atoms. The zero-order chi connectivity index (χ0) is 21.4. The molecule has 1 fully saturated rings. The van der Waals surface area contributed by atoms with Gasteiger partial charge >= 0.3 is 0 Å². The molecule has 162 valence electrons. The number of nitrogens with zero attached hydrogens (tertiary/aromatic N) is 4. The van der Waals surface area contributed by atoms with E-state index in [0.717, 1.165) is 34.6 Å². The minimum atomic E-state index is 0.0661. The van der Waals surface area contributed by atoms with E-state index in [4.69, 9.17) is 5.11 Å². The van der Waals surface area contributed by atoms with Crippen molar-refractivity contribution in [3.63, 3.8) is 0 Å². The third kappa shape index (κ3) is 3.94. The van der Waals surface area contributed by atoms with Crippen LogP contribution in [0, 0.1) is 19.8 Å². The summed E-state index contributed by atoms with van der Waals surface area (Å²) in [4.78, 5) is 30.0. The van der Waals surface area contributed by atoms with Crippen LogP contribution in [-0.4, -0.2) is 68.9 Å². The number of aromatic amines is 1. The molecular formula is C22H31N5O3. The van der Waals surface area contributed by atoms with Crippen LogP contribution in [0.25, 0.3) is 0 Å². The number of aliphatic hydroxyl groups is 1. The molecule has 4 heterocycles. The van der Waals surface area contributed by atoms with E-state index in [9.17, 15) is 9.59 Å². The Morgan fingerprint density at radius 1 is 1.30 bits per heavy atom. The highest BCUT2D eigenvalue weighted by Gasteiger charge is 2.36. The predicted molar refractivity (Wildman–Crippen MR) is 113 cm³/mol. The summed E-state index contributed by atoms with van der Waals surface area (Å²) in [5, 5.41) is 16.3. The number of carbonyl (C=O) groups is 1. The normalized spacial score (nSPS) is 20.5. The maximum atomic E-state index is 13.1. The summed E-state index contributed by atoms with van der Waals surface area (Å²) in [5.74, 6) is 0.634. The summed E-state index contributed by atoms with van der Waals surface area (Å²) in [6, 6.07) is 3.98. The smallest absolute Gasteiger partial charge is 0.255 e. The van der Waals surface area contributed by atoms with E-state index in [0.29, 0.717) is 45.1 Å². The van der Waals surface area contributed by atoms with Crippen molar-refractivity contribution in [3.05, 3.63) is 50.7 Å². The average molecular weight is 414 g/mol. The van der Waals surface area contributed by atoms with Crippen molar-refractivity contribution in [2.45, 2.75) is 45.7 Å². The van der Waals surface area contributed by atoms with Crippen LogP contribution in [0.2, 0.25) is 0 Å². The Morgan fingerprint density at radius 3 is 2.80 bits per heavy atom. The summed E-state index contributed by atoms with van der Waals surface area (Å²) in [5.41, 5.74) is 4.69. The first-order valence-corrected chi connectivity index (χ1v) is 10.7. The van der Waals surface area contributed by atoms with Gasteiger partial charge < -0.3 is 14.6 Å². The molecule has 0 aliphatic carbocycles. The first-order valence-electron chi connectivity index (χ1n) is 10.7. The van der Waals surface area contributed by atoms with Gasteiger partial charge in [0, 0.05) is 61.2 Å². The fraction of sp³-hybridized carbons (Fsp3) is 0.591. The number of hydrogen-bond donors (Lipinski definition) is 2. The third-order valence-corrected chi connectivity index (χ3v) is 6.57. The molecule has 0 saturated carbocycles. The van der Waals surface area contributed by atoms with Gasteiger partial charge in [-0.1, -0.05) is 6.07 Å². The second-order valence-electron chi connectivity index (χ2n) is 8.85. The Hall–Kier alpha value is -2.45. The fourth-order valence-electron chi connectivity index (χ4n) is 4.95. The van der Waals surface area contributed by atoms with Crippen molar-refractivity contribution in [1.82, 2.24) is 24.6 Å². The van der Waals surface area contributed by atoms with Crippen LogP contribution in [0.4, 0.5) is 0 Å². The highest BCUT2D eigenvalue weighted by atomic mass is 16.3. The average Bonchev–Trinajstić information content (AvgIpc) is 3.02. The number of aryl methyl sites for hydroxylation is 2. The van der Waals surface area contributed by atoms with E-state index in [2.05, 4.69) is 16.3 Å². The molecule has 8 nitrogen and oxygen atoms in total. The van der Waals surface area contributed by atoms with Gasteiger partial charge in [0.2, 0.25) is 5.91 Å². The van der Waals surface area contributed by atoms with Crippen LogP contribution >= 0.6 is 0 Å². The summed E-state index contributed by atoms with van der Waals surface area (Å²) in [7, 11) is 1.90. The van der Waals surface area contributed by atoms with E-state index in [1.165, 1.54) is 0 Å². The van der Waals surface area contributed by atoms with Crippen molar-refractivity contribution < 1.29 is 9.90 Å². The number of rotatable bonds is 6. The zero-order valence-electron chi connectivity index (χ0n) is 18.0. The van der Waals surface area contributed by atoms with Crippen molar-refractivity contribution in [2.75, 3.05) is 33.3 Å². The standard InChI is InChI=1S/C22H31N5O3/c1-14-19(15(2)24-23-14)9-21(29)26-10-16-8-18(13-26)20-5-4-17(12-25(3)6-7-28)22(30)27(20)11-16/h4-5,16,18,28H,6-13H2,1-3H3,(H,23,24)/t16-,18+/m0/s1. The van der Waals surface area contributed by atoms with Gasteiger partial charge in [-0.15, -0.1) is 0 Å². The van der Waals surface area contributed by atoms with Crippen LogP contribution in [0.3, 0.4) is 0 Å². The first-order chi connectivity index (χ1) is 14.4. The zero-order valence-corrected chi connectivity index (χ0v) is 18.0. The summed E-state index contributed by atoms with van der Waals surface area (Å²) in [6.45, 7) is 7.05. The van der Waals surface area contributed by atoms with Crippen molar-refractivity contribution in [3.8, 4) is 0 Å². The number of likely N-dealkylation sites (tertiary alicyclic amines) is 1. The monoisotopic (exact) mass is 413 g/mol. The predicted octanol–water partition coefficient (Wildman–Crippen LogP) is 0.801. The Kier molecular flexibility index (Phi) is 5.79. The number of fused-ring (bicyclic) bond motifs is 4. The number of piperidine rings is 1. The molecule has 0 spiro atoms. The molecule has 0 aromatic carbocycles. The SMILES string of the molecule is Cc1n[nH]c(C)c1CC(=O)N1C[C@@H]2C[C@H](C1)c1ccc(CN(C)CCO)c(=O)n1C2. The molecule has 2 aromatic rings. The molecule has 2 aromatic heterocycles. The Bertz CT molecular complexity index is 976. The van der Waals surface area contributed by atoms with Gasteiger partial charge in [-0.05, 0) is 39.3 Å². The molecule has 1 amide bonds. The lowest BCUT2D eigenvalue weighted by Crippen LogP contribution is -2.50. The molecule has 30 heavy (non-hydrogen) atoms. The highest BCUT2D eigenvalue weighted by Crippen LogP contribution is 2.35. The Morgan fingerprint density at radius 2 is 2.10 bits per heavy atom. The van der Waals surface area contributed by atoms with Gasteiger partial charge in [0.05, 0.1) is 18.7 Å². The quantitative estimate of drug-likeness (QED) is 0.731. The van der Waals surface area contributed by atoms with Gasteiger partial charge in [-0.2, -0.15) is 5.10 Å². The summed E-state index contributed by atoms with van der Waals surface area (Å²) < 4.78 is 1.92. The van der Waals surface area contributed by atoms with Crippen LogP contribution in [0.15, 0.2) is 16.9 Å². The third-order valence-electron chi connectivity index (χ3n) is 6.57. The Labute approximate surface area is 176 Å². The lowest BCUT2D eigenvalue weighted by atomic mass is 9.82. The first kappa shape index (κ1) is 20.8. The minimum absolute atomic E-state index is 0.0661. The number of H-pyrrole nitrogens is 1. The lowest BCUT2D eigenvalue weighted by molar-refractivity contribution is -0.133. The van der Waals surface area contributed by atoms with Gasteiger partial charge in [0.15, 0.2) is 0 Å². The topological polar surface area (TPSA) is 94.5 Å². The maximum Gasteiger partial charge on any atom is 0.255 e. The number of aromatic nitrogens is 3. The van der Waals surface area contributed by atoms with Crippen molar-refractivity contribution in [2.24, 2.45) is 5.92 Å².